The van der Waals surface area contributed by atoms with E-state index in [-0.39, 0.29) is 0 Å². The van der Waals surface area contributed by atoms with Crippen LogP contribution in [0.2, 0.25) is 0 Å². The molecule has 1 saturated carbocycles. The Hall–Kier alpha value is -0.130. The van der Waals surface area contributed by atoms with Crippen molar-refractivity contribution in [2.75, 3.05) is 13.3 Å². The maximum atomic E-state index is 9.19. The summed E-state index contributed by atoms with van der Waals surface area (Å²) in [5, 5.41) is 3.30. The monoisotopic (exact) mass is 209 g/mol. The fraction of sp³-hybridized carbons (Fsp3) is 1.00. The summed E-state index contributed by atoms with van der Waals surface area (Å²) >= 11 is 0. The van der Waals surface area contributed by atoms with Crippen LogP contribution in [-0.2, 0) is 10.1 Å². The maximum Gasteiger partial charge on any atom is 0.261 e. The van der Waals surface area contributed by atoms with Gasteiger partial charge in [-0.2, -0.15) is 8.42 Å². The summed E-state index contributed by atoms with van der Waals surface area (Å²) in [5.41, 5.74) is 0. The molecule has 13 heavy (non-hydrogen) atoms. The lowest BCUT2D eigenvalue weighted by molar-refractivity contribution is 0.394. The molecule has 5 heteroatoms. The second kappa shape index (κ2) is 6.34. The van der Waals surface area contributed by atoms with Crippen molar-refractivity contribution in [1.82, 2.24) is 5.32 Å². The molecule has 0 aromatic heterocycles. The van der Waals surface area contributed by atoms with E-state index in [9.17, 15) is 8.42 Å². The Bertz CT molecular complexity index is 199. The minimum absolute atomic E-state index is 0.715. The van der Waals surface area contributed by atoms with Crippen molar-refractivity contribution in [3.8, 4) is 0 Å². The molecule has 0 spiro atoms. The topological polar surface area (TPSA) is 66.4 Å². The number of nitrogens with one attached hydrogen (secondary N) is 1. The SMILES string of the molecule is CNC1CCCCC1.CS(=O)(=O)O. The van der Waals surface area contributed by atoms with Gasteiger partial charge in [0.25, 0.3) is 10.1 Å². The molecule has 0 atom stereocenters. The molecule has 0 aliphatic heterocycles. The van der Waals surface area contributed by atoms with Crippen LogP contribution in [0.1, 0.15) is 32.1 Å². The largest absolute Gasteiger partial charge is 0.317 e. The second-order valence-corrected chi connectivity index (χ2v) is 4.82. The van der Waals surface area contributed by atoms with Gasteiger partial charge in [-0.1, -0.05) is 19.3 Å². The van der Waals surface area contributed by atoms with Crippen LogP contribution in [0.4, 0.5) is 0 Å². The van der Waals surface area contributed by atoms with E-state index < -0.39 is 10.1 Å². The van der Waals surface area contributed by atoms with Gasteiger partial charge in [0.15, 0.2) is 0 Å². The Kier molecular flexibility index (Phi) is 6.28. The highest BCUT2D eigenvalue weighted by atomic mass is 32.2. The Morgan fingerprint density at radius 2 is 1.62 bits per heavy atom. The second-order valence-electron chi connectivity index (χ2n) is 3.36. The first-order valence-corrected chi connectivity index (χ1v) is 6.38. The molecule has 0 saturated heterocycles. The van der Waals surface area contributed by atoms with Gasteiger partial charge in [0, 0.05) is 6.04 Å². The van der Waals surface area contributed by atoms with E-state index in [0.29, 0.717) is 6.26 Å². The molecule has 1 fully saturated rings. The van der Waals surface area contributed by atoms with Gasteiger partial charge in [-0.3, -0.25) is 4.55 Å². The van der Waals surface area contributed by atoms with Gasteiger partial charge in [0.2, 0.25) is 0 Å². The highest BCUT2D eigenvalue weighted by Crippen LogP contribution is 2.16. The summed E-state index contributed by atoms with van der Waals surface area (Å²) in [7, 11) is -1.60. The molecule has 0 bridgehead atoms. The van der Waals surface area contributed by atoms with E-state index in [1.54, 1.807) is 0 Å². The molecule has 1 aliphatic carbocycles. The van der Waals surface area contributed by atoms with Crippen molar-refractivity contribution in [2.24, 2.45) is 0 Å². The third-order valence-corrected chi connectivity index (χ3v) is 2.01. The predicted molar refractivity (Wildman–Crippen MR) is 53.4 cm³/mol. The van der Waals surface area contributed by atoms with Gasteiger partial charge in [0.05, 0.1) is 6.26 Å². The van der Waals surface area contributed by atoms with Crippen LogP contribution in [0, 0.1) is 0 Å². The summed E-state index contributed by atoms with van der Waals surface area (Å²) in [6.07, 6.45) is 7.84. The van der Waals surface area contributed by atoms with Crippen molar-refractivity contribution in [3.05, 3.63) is 0 Å². The van der Waals surface area contributed by atoms with Crippen molar-refractivity contribution >= 4 is 10.1 Å². The van der Waals surface area contributed by atoms with Crippen molar-refractivity contribution in [2.45, 2.75) is 38.1 Å². The van der Waals surface area contributed by atoms with Crippen LogP contribution < -0.4 is 5.32 Å². The number of rotatable bonds is 1. The van der Waals surface area contributed by atoms with E-state index in [1.165, 1.54) is 32.1 Å². The zero-order chi connectivity index (χ0) is 10.3. The fourth-order valence-electron chi connectivity index (χ4n) is 1.39. The molecule has 1 aliphatic rings. The molecule has 0 amide bonds. The first kappa shape index (κ1) is 12.9. The molecule has 80 valence electrons. The lowest BCUT2D eigenvalue weighted by Gasteiger charge is -2.20. The zero-order valence-corrected chi connectivity index (χ0v) is 9.10. The molecular formula is C8H19NO3S. The van der Waals surface area contributed by atoms with Crippen LogP contribution in [0.25, 0.3) is 0 Å². The van der Waals surface area contributed by atoms with Gasteiger partial charge in [-0.25, -0.2) is 0 Å². The lowest BCUT2D eigenvalue weighted by atomic mass is 9.96. The van der Waals surface area contributed by atoms with Gasteiger partial charge in [0.1, 0.15) is 0 Å². The molecule has 0 unspecified atom stereocenters. The normalized spacial score (nSPS) is 19.0. The molecule has 0 heterocycles. The van der Waals surface area contributed by atoms with Crippen LogP contribution >= 0.6 is 0 Å². The van der Waals surface area contributed by atoms with Crippen molar-refractivity contribution in [1.29, 1.82) is 0 Å². The Balaban J connectivity index is 0.000000252. The molecular weight excluding hydrogens is 190 g/mol. The van der Waals surface area contributed by atoms with E-state index in [2.05, 4.69) is 12.4 Å². The molecule has 2 N–H and O–H groups in total. The first-order valence-electron chi connectivity index (χ1n) is 4.53. The third-order valence-electron chi connectivity index (χ3n) is 2.01. The minimum atomic E-state index is -3.67. The fourth-order valence-corrected chi connectivity index (χ4v) is 1.39. The molecule has 4 nitrogen and oxygen atoms in total. The maximum absolute atomic E-state index is 9.19. The van der Waals surface area contributed by atoms with Crippen LogP contribution in [-0.4, -0.2) is 32.3 Å². The first-order chi connectivity index (χ1) is 5.93. The predicted octanol–water partition coefficient (Wildman–Crippen LogP) is 1.04. The molecule has 0 aromatic carbocycles. The highest BCUT2D eigenvalue weighted by molar-refractivity contribution is 7.85. The van der Waals surface area contributed by atoms with E-state index in [0.717, 1.165) is 6.04 Å². The summed E-state index contributed by atoms with van der Waals surface area (Å²) in [5.74, 6) is 0. The van der Waals surface area contributed by atoms with Gasteiger partial charge >= 0.3 is 0 Å². The van der Waals surface area contributed by atoms with Gasteiger partial charge in [-0.15, -0.1) is 0 Å². The Morgan fingerprint density at radius 3 is 1.85 bits per heavy atom. The summed E-state index contributed by atoms with van der Waals surface area (Å²) in [4.78, 5) is 0. The highest BCUT2D eigenvalue weighted by Gasteiger charge is 2.09. The lowest BCUT2D eigenvalue weighted by Crippen LogP contribution is -2.26. The Morgan fingerprint density at radius 1 is 1.23 bits per heavy atom. The van der Waals surface area contributed by atoms with Crippen molar-refractivity contribution < 1.29 is 13.0 Å². The quantitative estimate of drug-likeness (QED) is 0.633. The Labute approximate surface area is 80.5 Å². The summed E-state index contributed by atoms with van der Waals surface area (Å²) in [6.45, 7) is 0. The number of hydrogen-bond donors (Lipinski definition) is 2. The van der Waals surface area contributed by atoms with Gasteiger partial charge in [-0.05, 0) is 19.9 Å². The minimum Gasteiger partial charge on any atom is -0.317 e. The van der Waals surface area contributed by atoms with Crippen LogP contribution in [0.5, 0.6) is 0 Å². The average Bonchev–Trinajstić information content (AvgIpc) is 2.03. The van der Waals surface area contributed by atoms with Crippen LogP contribution in [0.15, 0.2) is 0 Å². The standard InChI is InChI=1S/C7H15N.CH4O3S/c1-8-7-5-3-2-4-6-7;1-5(2,3)4/h7-8H,2-6H2,1H3;1H3,(H,2,3,4). The number of hydrogen-bond acceptors (Lipinski definition) is 3. The van der Waals surface area contributed by atoms with Crippen LogP contribution in [0.3, 0.4) is 0 Å². The van der Waals surface area contributed by atoms with Gasteiger partial charge < -0.3 is 5.32 Å². The van der Waals surface area contributed by atoms with Crippen molar-refractivity contribution in [3.63, 3.8) is 0 Å². The van der Waals surface area contributed by atoms with E-state index in [4.69, 9.17) is 4.55 Å². The summed E-state index contributed by atoms with van der Waals surface area (Å²) < 4.78 is 25.9. The molecule has 0 radical (unpaired) electrons. The molecule has 1 rings (SSSR count). The summed E-state index contributed by atoms with van der Waals surface area (Å²) in [6, 6.07) is 0.837. The smallest absolute Gasteiger partial charge is 0.261 e. The third kappa shape index (κ3) is 11.9. The molecule has 0 aromatic rings. The van der Waals surface area contributed by atoms with E-state index in [1.807, 2.05) is 0 Å². The zero-order valence-electron chi connectivity index (χ0n) is 8.28. The van der Waals surface area contributed by atoms with E-state index >= 15 is 0 Å². The average molecular weight is 209 g/mol.